The zero-order valence-electron chi connectivity index (χ0n) is 8.25. The summed E-state index contributed by atoms with van der Waals surface area (Å²) in [7, 11) is 1.58. The monoisotopic (exact) mass is 259 g/mol. The molecule has 0 aromatic heterocycles. The predicted octanol–water partition coefficient (Wildman–Crippen LogP) is 1.62. The molecule has 0 saturated carbocycles. The first-order valence-electron chi connectivity index (χ1n) is 4.28. The molecule has 1 atom stereocenters. The molecule has 3 nitrogen and oxygen atoms in total. The van der Waals surface area contributed by atoms with Gasteiger partial charge in [-0.2, -0.15) is 0 Å². The number of benzene rings is 1. The van der Waals surface area contributed by atoms with Crippen LogP contribution < -0.4 is 10.5 Å². The molecule has 3 N–H and O–H groups in total. The van der Waals surface area contributed by atoms with E-state index in [-0.39, 0.29) is 6.54 Å². The summed E-state index contributed by atoms with van der Waals surface area (Å²) in [5.41, 5.74) is 5.19. The summed E-state index contributed by atoms with van der Waals surface area (Å²) >= 11 is 3.38. The quantitative estimate of drug-likeness (QED) is 0.868. The number of hydrogen-bond donors (Lipinski definition) is 2. The Bertz CT molecular complexity index is 326. The van der Waals surface area contributed by atoms with E-state index >= 15 is 0 Å². The average Bonchev–Trinajstić information content (AvgIpc) is 2.18. The molecular formula is C10H14BrNO2. The maximum Gasteiger partial charge on any atom is 0.133 e. The highest BCUT2D eigenvalue weighted by Gasteiger charge is 2.24. The Morgan fingerprint density at radius 2 is 2.21 bits per heavy atom. The molecule has 1 unspecified atom stereocenters. The van der Waals surface area contributed by atoms with Crippen molar-refractivity contribution in [1.82, 2.24) is 0 Å². The number of halogens is 1. The molecule has 1 aromatic rings. The zero-order chi connectivity index (χ0) is 10.8. The summed E-state index contributed by atoms with van der Waals surface area (Å²) < 4.78 is 5.87. The second-order valence-electron chi connectivity index (χ2n) is 3.30. The third-order valence-electron chi connectivity index (χ3n) is 2.16. The van der Waals surface area contributed by atoms with Crippen LogP contribution in [-0.4, -0.2) is 18.8 Å². The van der Waals surface area contributed by atoms with Crippen molar-refractivity contribution in [3.8, 4) is 5.75 Å². The van der Waals surface area contributed by atoms with Gasteiger partial charge in [0.2, 0.25) is 0 Å². The second-order valence-corrected chi connectivity index (χ2v) is 4.09. The molecule has 0 fully saturated rings. The molecule has 0 aliphatic rings. The van der Waals surface area contributed by atoms with Gasteiger partial charge in [-0.25, -0.2) is 0 Å². The highest BCUT2D eigenvalue weighted by molar-refractivity contribution is 9.10. The minimum absolute atomic E-state index is 0.165. The third-order valence-corrected chi connectivity index (χ3v) is 2.98. The van der Waals surface area contributed by atoms with Gasteiger partial charge in [0.25, 0.3) is 0 Å². The molecule has 1 aromatic carbocycles. The van der Waals surface area contributed by atoms with Crippen molar-refractivity contribution < 1.29 is 9.84 Å². The van der Waals surface area contributed by atoms with Crippen LogP contribution in [-0.2, 0) is 5.60 Å². The first kappa shape index (κ1) is 11.5. The SMILES string of the molecule is COc1cccc(C(C)(O)CN)c1Br. The number of rotatable bonds is 3. The number of nitrogens with two attached hydrogens (primary N) is 1. The van der Waals surface area contributed by atoms with Gasteiger partial charge < -0.3 is 15.6 Å². The fourth-order valence-electron chi connectivity index (χ4n) is 1.19. The van der Waals surface area contributed by atoms with Crippen molar-refractivity contribution in [2.45, 2.75) is 12.5 Å². The lowest BCUT2D eigenvalue weighted by molar-refractivity contribution is 0.0658. The van der Waals surface area contributed by atoms with Crippen LogP contribution in [0.15, 0.2) is 22.7 Å². The Kier molecular flexibility index (Phi) is 3.53. The van der Waals surface area contributed by atoms with Gasteiger partial charge in [0, 0.05) is 12.1 Å². The van der Waals surface area contributed by atoms with Crippen LogP contribution in [0.2, 0.25) is 0 Å². The van der Waals surface area contributed by atoms with Gasteiger partial charge in [-0.05, 0) is 28.9 Å². The molecule has 0 aliphatic heterocycles. The van der Waals surface area contributed by atoms with Crippen LogP contribution in [0.4, 0.5) is 0 Å². The van der Waals surface area contributed by atoms with E-state index in [2.05, 4.69) is 15.9 Å². The molecule has 78 valence electrons. The lowest BCUT2D eigenvalue weighted by atomic mass is 9.96. The molecule has 0 bridgehead atoms. The van der Waals surface area contributed by atoms with Crippen LogP contribution >= 0.6 is 15.9 Å². The van der Waals surface area contributed by atoms with Crippen molar-refractivity contribution in [3.05, 3.63) is 28.2 Å². The summed E-state index contributed by atoms with van der Waals surface area (Å²) in [6, 6.07) is 5.46. The van der Waals surface area contributed by atoms with E-state index in [0.717, 1.165) is 10.0 Å². The molecular weight excluding hydrogens is 246 g/mol. The van der Waals surface area contributed by atoms with E-state index in [1.807, 2.05) is 18.2 Å². The molecule has 0 spiro atoms. The predicted molar refractivity (Wildman–Crippen MR) is 59.3 cm³/mol. The largest absolute Gasteiger partial charge is 0.496 e. The van der Waals surface area contributed by atoms with E-state index in [4.69, 9.17) is 10.5 Å². The summed E-state index contributed by atoms with van der Waals surface area (Å²) in [4.78, 5) is 0. The van der Waals surface area contributed by atoms with E-state index in [0.29, 0.717) is 5.75 Å². The van der Waals surface area contributed by atoms with Crippen LogP contribution in [0.25, 0.3) is 0 Å². The zero-order valence-corrected chi connectivity index (χ0v) is 9.84. The Labute approximate surface area is 92.0 Å². The first-order chi connectivity index (χ1) is 6.53. The highest BCUT2D eigenvalue weighted by Crippen LogP contribution is 2.34. The summed E-state index contributed by atoms with van der Waals surface area (Å²) in [5.74, 6) is 0.691. The number of hydrogen-bond acceptors (Lipinski definition) is 3. The van der Waals surface area contributed by atoms with Crippen LogP contribution in [0.3, 0.4) is 0 Å². The van der Waals surface area contributed by atoms with Gasteiger partial charge >= 0.3 is 0 Å². The lowest BCUT2D eigenvalue weighted by Gasteiger charge is -2.23. The second kappa shape index (κ2) is 4.29. The van der Waals surface area contributed by atoms with Crippen LogP contribution in [0, 0.1) is 0 Å². The summed E-state index contributed by atoms with van der Waals surface area (Å²) in [5, 5.41) is 9.98. The van der Waals surface area contributed by atoms with Crippen molar-refractivity contribution in [2.75, 3.05) is 13.7 Å². The van der Waals surface area contributed by atoms with Crippen LogP contribution in [0.1, 0.15) is 12.5 Å². The highest BCUT2D eigenvalue weighted by atomic mass is 79.9. The third kappa shape index (κ3) is 2.08. The van der Waals surface area contributed by atoms with Crippen LogP contribution in [0.5, 0.6) is 5.75 Å². The molecule has 1 rings (SSSR count). The standard InChI is InChI=1S/C10H14BrNO2/c1-10(13,6-12)7-4-3-5-8(14-2)9(7)11/h3-5,13H,6,12H2,1-2H3. The maximum absolute atomic E-state index is 9.98. The average molecular weight is 260 g/mol. The van der Waals surface area contributed by atoms with Gasteiger partial charge in [0.15, 0.2) is 0 Å². The van der Waals surface area contributed by atoms with Gasteiger partial charge in [0.1, 0.15) is 11.4 Å². The smallest absolute Gasteiger partial charge is 0.133 e. The van der Waals surface area contributed by atoms with Gasteiger partial charge in [-0.1, -0.05) is 12.1 Å². The number of ether oxygens (including phenoxy) is 1. The molecule has 0 aliphatic carbocycles. The Balaban J connectivity index is 3.22. The summed E-state index contributed by atoms with van der Waals surface area (Å²) in [6.07, 6.45) is 0. The van der Waals surface area contributed by atoms with Gasteiger partial charge in [-0.3, -0.25) is 0 Å². The normalized spacial score (nSPS) is 14.9. The minimum Gasteiger partial charge on any atom is -0.496 e. The minimum atomic E-state index is -1.03. The van der Waals surface area contributed by atoms with E-state index in [1.165, 1.54) is 0 Å². The van der Waals surface area contributed by atoms with E-state index in [9.17, 15) is 5.11 Å². The van der Waals surface area contributed by atoms with Crippen molar-refractivity contribution in [3.63, 3.8) is 0 Å². The maximum atomic E-state index is 9.98. The topological polar surface area (TPSA) is 55.5 Å². The van der Waals surface area contributed by atoms with Gasteiger partial charge in [-0.15, -0.1) is 0 Å². The molecule has 0 amide bonds. The number of aliphatic hydroxyl groups is 1. The van der Waals surface area contributed by atoms with Crippen molar-refractivity contribution in [2.24, 2.45) is 5.73 Å². The molecule has 0 saturated heterocycles. The Morgan fingerprint density at radius 3 is 2.71 bits per heavy atom. The fraction of sp³-hybridized carbons (Fsp3) is 0.400. The van der Waals surface area contributed by atoms with Gasteiger partial charge in [0.05, 0.1) is 11.6 Å². The molecule has 14 heavy (non-hydrogen) atoms. The van der Waals surface area contributed by atoms with Crippen molar-refractivity contribution in [1.29, 1.82) is 0 Å². The van der Waals surface area contributed by atoms with E-state index < -0.39 is 5.60 Å². The Morgan fingerprint density at radius 1 is 1.57 bits per heavy atom. The number of methoxy groups -OCH3 is 1. The van der Waals surface area contributed by atoms with E-state index in [1.54, 1.807) is 14.0 Å². The molecule has 4 heteroatoms. The lowest BCUT2D eigenvalue weighted by Crippen LogP contribution is -2.31. The first-order valence-corrected chi connectivity index (χ1v) is 5.07. The summed E-state index contributed by atoms with van der Waals surface area (Å²) in [6.45, 7) is 1.84. The molecule has 0 radical (unpaired) electrons. The molecule has 0 heterocycles. The Hall–Kier alpha value is -0.580. The fourth-order valence-corrected chi connectivity index (χ4v) is 2.05. The van der Waals surface area contributed by atoms with Crippen molar-refractivity contribution >= 4 is 15.9 Å².